The zero-order valence-corrected chi connectivity index (χ0v) is 15.6. The molecule has 1 saturated heterocycles. The van der Waals surface area contributed by atoms with Crippen LogP contribution in [-0.2, 0) is 19.3 Å². The van der Waals surface area contributed by atoms with Crippen LogP contribution in [0.1, 0.15) is 27.7 Å². The fraction of sp³-hybridized carbons (Fsp3) is 0.333. The van der Waals surface area contributed by atoms with Crippen molar-refractivity contribution in [1.82, 2.24) is 0 Å². The molecule has 25 heavy (non-hydrogen) atoms. The molecule has 1 N–H and O–H groups in total. The molecule has 7 heteroatoms. The Morgan fingerprint density at radius 1 is 0.840 bits per heavy atom. The second-order valence-corrected chi connectivity index (χ2v) is 8.81. The summed E-state index contributed by atoms with van der Waals surface area (Å²) in [5.41, 5.74) is 0.448. The predicted octanol–water partition coefficient (Wildman–Crippen LogP) is 2.79. The average Bonchev–Trinajstić information content (AvgIpc) is 2.76. The van der Waals surface area contributed by atoms with Gasteiger partial charge in [-0.2, -0.15) is 0 Å². The summed E-state index contributed by atoms with van der Waals surface area (Å²) in [5, 5.41) is 0. The Morgan fingerprint density at radius 2 is 1.36 bits per heavy atom. The van der Waals surface area contributed by atoms with Gasteiger partial charge in [-0.15, -0.1) is 0 Å². The van der Waals surface area contributed by atoms with Crippen molar-refractivity contribution in [3.05, 3.63) is 54.6 Å². The third kappa shape index (κ3) is 3.59. The molecule has 1 aliphatic heterocycles. The van der Waals surface area contributed by atoms with Crippen LogP contribution in [0.2, 0.25) is 0 Å². The monoisotopic (exact) mass is 359 g/mol. The first-order valence-corrected chi connectivity index (χ1v) is 9.63. The largest absolute Gasteiger partial charge is 0.494 e. The highest BCUT2D eigenvalue weighted by Gasteiger charge is 2.51. The Hall–Kier alpha value is -1.83. The van der Waals surface area contributed by atoms with Gasteiger partial charge >= 0.3 is 7.12 Å². The molecular weight excluding hydrogens is 337 g/mol. The second kappa shape index (κ2) is 6.16. The topological polar surface area (TPSA) is 64.6 Å². The normalized spacial score (nSPS) is 19.0. The van der Waals surface area contributed by atoms with Crippen LogP contribution in [0.4, 0.5) is 5.69 Å². The van der Waals surface area contributed by atoms with Crippen molar-refractivity contribution in [2.75, 3.05) is 4.72 Å². The lowest BCUT2D eigenvalue weighted by Gasteiger charge is -2.32. The molecule has 5 nitrogen and oxygen atoms in total. The molecule has 0 bridgehead atoms. The highest BCUT2D eigenvalue weighted by molar-refractivity contribution is 7.92. The molecule has 2 aromatic carbocycles. The number of hydrogen-bond donors (Lipinski definition) is 1. The lowest BCUT2D eigenvalue weighted by Crippen LogP contribution is -2.41. The maximum Gasteiger partial charge on any atom is 0.494 e. The van der Waals surface area contributed by atoms with Crippen molar-refractivity contribution >= 4 is 28.3 Å². The van der Waals surface area contributed by atoms with Crippen molar-refractivity contribution in [3.8, 4) is 0 Å². The minimum absolute atomic E-state index is 0.191. The first-order chi connectivity index (χ1) is 11.6. The van der Waals surface area contributed by atoms with Crippen LogP contribution in [0, 0.1) is 0 Å². The number of hydrogen-bond acceptors (Lipinski definition) is 4. The molecule has 0 saturated carbocycles. The molecular formula is C18H22BNO4S. The number of nitrogens with one attached hydrogen (secondary N) is 1. The highest BCUT2D eigenvalue weighted by Crippen LogP contribution is 2.36. The first-order valence-electron chi connectivity index (χ1n) is 8.14. The molecule has 1 aliphatic rings. The van der Waals surface area contributed by atoms with Gasteiger partial charge < -0.3 is 9.31 Å². The molecule has 0 atom stereocenters. The third-order valence-corrected chi connectivity index (χ3v) is 6.14. The van der Waals surface area contributed by atoms with Gasteiger partial charge in [-0.25, -0.2) is 8.42 Å². The van der Waals surface area contributed by atoms with E-state index in [1.807, 2.05) is 33.8 Å². The van der Waals surface area contributed by atoms with E-state index in [1.54, 1.807) is 48.5 Å². The number of sulfonamides is 1. The summed E-state index contributed by atoms with van der Waals surface area (Å²) >= 11 is 0. The minimum atomic E-state index is -3.63. The lowest BCUT2D eigenvalue weighted by molar-refractivity contribution is 0.00578. The molecule has 0 amide bonds. The van der Waals surface area contributed by atoms with E-state index in [-0.39, 0.29) is 4.90 Å². The fourth-order valence-electron chi connectivity index (χ4n) is 2.50. The van der Waals surface area contributed by atoms with Crippen LogP contribution in [-0.4, -0.2) is 26.7 Å². The van der Waals surface area contributed by atoms with Gasteiger partial charge in [0.25, 0.3) is 10.0 Å². The Kier molecular flexibility index (Phi) is 4.43. The SMILES string of the molecule is CC1(C)OB(c2ccc(S(=O)(=O)Nc3ccccc3)cc2)OC1(C)C. The van der Waals surface area contributed by atoms with Crippen molar-refractivity contribution in [3.63, 3.8) is 0 Å². The maximum atomic E-state index is 12.5. The summed E-state index contributed by atoms with van der Waals surface area (Å²) in [6, 6.07) is 15.4. The average molecular weight is 359 g/mol. The number of para-hydroxylation sites is 1. The van der Waals surface area contributed by atoms with Gasteiger partial charge in [-0.05, 0) is 57.4 Å². The summed E-state index contributed by atoms with van der Waals surface area (Å²) in [7, 11) is -4.14. The molecule has 0 aliphatic carbocycles. The molecule has 0 radical (unpaired) electrons. The number of benzene rings is 2. The molecule has 0 unspecified atom stereocenters. The zero-order valence-electron chi connectivity index (χ0n) is 14.8. The van der Waals surface area contributed by atoms with Gasteiger partial charge in [-0.1, -0.05) is 30.3 Å². The van der Waals surface area contributed by atoms with Gasteiger partial charge in [-0.3, -0.25) is 4.72 Å². The number of anilines is 1. The van der Waals surface area contributed by atoms with Crippen LogP contribution in [0.3, 0.4) is 0 Å². The summed E-state index contributed by atoms with van der Waals surface area (Å²) in [6.07, 6.45) is 0. The standard InChI is InChI=1S/C18H22BNO4S/c1-17(2)18(3,4)24-19(23-17)14-10-12-16(13-11-14)25(21,22)20-15-8-6-5-7-9-15/h5-13,20H,1-4H3. The Labute approximate surface area is 149 Å². The zero-order chi connectivity index (χ0) is 18.3. The van der Waals surface area contributed by atoms with Crippen molar-refractivity contribution < 1.29 is 17.7 Å². The summed E-state index contributed by atoms with van der Waals surface area (Å²) in [4.78, 5) is 0.191. The fourth-order valence-corrected chi connectivity index (χ4v) is 3.56. The van der Waals surface area contributed by atoms with Crippen LogP contribution < -0.4 is 10.2 Å². The van der Waals surface area contributed by atoms with Crippen LogP contribution in [0.5, 0.6) is 0 Å². The van der Waals surface area contributed by atoms with E-state index in [9.17, 15) is 8.42 Å². The molecule has 0 spiro atoms. The highest BCUT2D eigenvalue weighted by atomic mass is 32.2. The van der Waals surface area contributed by atoms with E-state index in [0.29, 0.717) is 5.69 Å². The van der Waals surface area contributed by atoms with Gasteiger partial charge in [0.2, 0.25) is 0 Å². The van der Waals surface area contributed by atoms with Crippen LogP contribution in [0.25, 0.3) is 0 Å². The molecule has 3 rings (SSSR count). The van der Waals surface area contributed by atoms with Crippen molar-refractivity contribution in [2.45, 2.75) is 43.8 Å². The van der Waals surface area contributed by atoms with Gasteiger partial charge in [0.15, 0.2) is 0 Å². The molecule has 1 fully saturated rings. The molecule has 2 aromatic rings. The van der Waals surface area contributed by atoms with Gasteiger partial charge in [0.1, 0.15) is 0 Å². The van der Waals surface area contributed by atoms with E-state index in [4.69, 9.17) is 9.31 Å². The number of rotatable bonds is 4. The summed E-state index contributed by atoms with van der Waals surface area (Å²) in [5.74, 6) is 0. The maximum absolute atomic E-state index is 12.5. The third-order valence-electron chi connectivity index (χ3n) is 4.74. The van der Waals surface area contributed by atoms with Gasteiger partial charge in [0.05, 0.1) is 16.1 Å². The molecule has 132 valence electrons. The van der Waals surface area contributed by atoms with Gasteiger partial charge in [0, 0.05) is 5.69 Å². The summed E-state index contributed by atoms with van der Waals surface area (Å²) in [6.45, 7) is 7.93. The smallest absolute Gasteiger partial charge is 0.399 e. The van der Waals surface area contributed by atoms with Crippen LogP contribution in [0.15, 0.2) is 59.5 Å². The minimum Gasteiger partial charge on any atom is -0.399 e. The Bertz CT molecular complexity index is 832. The quantitative estimate of drug-likeness (QED) is 0.853. The van der Waals surface area contributed by atoms with E-state index < -0.39 is 28.3 Å². The van der Waals surface area contributed by atoms with E-state index in [0.717, 1.165) is 5.46 Å². The first kappa shape index (κ1) is 18.0. The van der Waals surface area contributed by atoms with E-state index in [2.05, 4.69) is 4.72 Å². The van der Waals surface area contributed by atoms with Crippen molar-refractivity contribution in [2.24, 2.45) is 0 Å². The molecule has 0 aromatic heterocycles. The second-order valence-electron chi connectivity index (χ2n) is 7.13. The van der Waals surface area contributed by atoms with Crippen molar-refractivity contribution in [1.29, 1.82) is 0 Å². The Morgan fingerprint density at radius 3 is 1.88 bits per heavy atom. The van der Waals surface area contributed by atoms with Crippen LogP contribution >= 0.6 is 0 Å². The summed E-state index contributed by atoms with van der Waals surface area (Å²) < 4.78 is 39.5. The predicted molar refractivity (Wildman–Crippen MR) is 99.4 cm³/mol. The Balaban J connectivity index is 1.79. The lowest BCUT2D eigenvalue weighted by atomic mass is 9.79. The molecule has 1 heterocycles. The van der Waals surface area contributed by atoms with E-state index in [1.165, 1.54) is 0 Å². The van der Waals surface area contributed by atoms with E-state index >= 15 is 0 Å².